The summed E-state index contributed by atoms with van der Waals surface area (Å²) in [6, 6.07) is 3.94. The lowest BCUT2D eigenvalue weighted by atomic mass is 9.98. The van der Waals surface area contributed by atoms with Gasteiger partial charge in [0.05, 0.1) is 39.1 Å². The van der Waals surface area contributed by atoms with Crippen molar-refractivity contribution in [3.8, 4) is 11.6 Å². The predicted octanol–water partition coefficient (Wildman–Crippen LogP) is 3.11. The highest BCUT2D eigenvalue weighted by atomic mass is 16.5. The minimum absolute atomic E-state index is 0.00619. The third kappa shape index (κ3) is 18.8. The Morgan fingerprint density at radius 1 is 0.587 bits per heavy atom. The van der Waals surface area contributed by atoms with Crippen LogP contribution in [0.25, 0.3) is 10.9 Å². The van der Waals surface area contributed by atoms with E-state index in [1.807, 2.05) is 39.8 Å². The van der Waals surface area contributed by atoms with Gasteiger partial charge in [-0.15, -0.1) is 0 Å². The first-order valence-corrected chi connectivity index (χ1v) is 21.7. The van der Waals surface area contributed by atoms with Gasteiger partial charge in [0.15, 0.2) is 0 Å². The molecule has 0 aliphatic heterocycles. The van der Waals surface area contributed by atoms with Gasteiger partial charge in [0.25, 0.3) is 0 Å². The molecule has 2 aromatic rings. The Hall–Kier alpha value is -5.52. The number of amides is 5. The molecule has 2 rings (SSSR count). The Bertz CT molecular complexity index is 1830. The lowest BCUT2D eigenvalue weighted by Gasteiger charge is -2.28. The fourth-order valence-electron chi connectivity index (χ4n) is 6.44. The van der Waals surface area contributed by atoms with Crippen LogP contribution in [0.4, 0.5) is 0 Å². The Labute approximate surface area is 371 Å². The van der Waals surface area contributed by atoms with Crippen LogP contribution in [0, 0.1) is 23.7 Å². The zero-order valence-electron chi connectivity index (χ0n) is 38.7. The number of rotatable bonds is 27. The molecule has 5 amide bonds. The highest BCUT2D eigenvalue weighted by Crippen LogP contribution is 2.23. The normalized spacial score (nSPS) is 14.2. The second-order valence-electron chi connectivity index (χ2n) is 17.1. The first-order valence-electron chi connectivity index (χ1n) is 21.7. The van der Waals surface area contributed by atoms with Gasteiger partial charge >= 0.3 is 11.9 Å². The van der Waals surface area contributed by atoms with E-state index in [0.717, 1.165) is 5.39 Å². The van der Waals surface area contributed by atoms with Crippen molar-refractivity contribution in [2.45, 2.75) is 137 Å². The Balaban J connectivity index is 1.90. The van der Waals surface area contributed by atoms with Crippen LogP contribution in [-0.4, -0.2) is 115 Å². The molecule has 6 N–H and O–H groups in total. The van der Waals surface area contributed by atoms with E-state index in [4.69, 9.17) is 18.9 Å². The highest BCUT2D eigenvalue weighted by molar-refractivity contribution is 5.94. The maximum Gasteiger partial charge on any atom is 0.328 e. The summed E-state index contributed by atoms with van der Waals surface area (Å²) in [4.78, 5) is 94.2. The number of aliphatic hydroxyl groups excluding tert-OH is 1. The van der Waals surface area contributed by atoms with Crippen LogP contribution in [0.15, 0.2) is 30.3 Å². The number of nitrogens with one attached hydrogen (secondary N) is 5. The second-order valence-corrected chi connectivity index (χ2v) is 17.1. The summed E-state index contributed by atoms with van der Waals surface area (Å²) in [5.74, 6) is -3.35. The summed E-state index contributed by atoms with van der Waals surface area (Å²) < 4.78 is 21.3. The van der Waals surface area contributed by atoms with Gasteiger partial charge < -0.3 is 50.6 Å². The molecule has 0 spiro atoms. The minimum atomic E-state index is -1.27. The number of pyridine rings is 1. The number of carbonyl (C=O) groups excluding carboxylic acids is 7. The third-order valence-corrected chi connectivity index (χ3v) is 9.87. The van der Waals surface area contributed by atoms with Crippen LogP contribution < -0.4 is 36.1 Å². The van der Waals surface area contributed by atoms with Gasteiger partial charge in [0.2, 0.25) is 35.4 Å². The van der Waals surface area contributed by atoms with Crippen LogP contribution in [0.3, 0.4) is 0 Å². The number of methoxy groups -OCH3 is 2. The van der Waals surface area contributed by atoms with E-state index in [0.29, 0.717) is 42.8 Å². The quantitative estimate of drug-likeness (QED) is 0.0558. The van der Waals surface area contributed by atoms with Gasteiger partial charge in [-0.05, 0) is 74.5 Å². The Morgan fingerprint density at radius 3 is 1.63 bits per heavy atom. The summed E-state index contributed by atoms with van der Waals surface area (Å²) in [5.41, 5.74) is 0.592. The molecule has 0 aliphatic rings. The van der Waals surface area contributed by atoms with Gasteiger partial charge in [0, 0.05) is 30.4 Å². The van der Waals surface area contributed by atoms with E-state index in [9.17, 15) is 38.7 Å². The van der Waals surface area contributed by atoms with Gasteiger partial charge in [0.1, 0.15) is 36.0 Å². The van der Waals surface area contributed by atoms with Crippen molar-refractivity contribution in [3.63, 3.8) is 0 Å². The zero-order chi connectivity index (χ0) is 47.4. The molecule has 0 bridgehead atoms. The summed E-state index contributed by atoms with van der Waals surface area (Å²) in [5, 5.41) is 24.4. The van der Waals surface area contributed by atoms with Crippen molar-refractivity contribution >= 4 is 52.4 Å². The summed E-state index contributed by atoms with van der Waals surface area (Å²) >= 11 is 0. The van der Waals surface area contributed by atoms with E-state index in [1.54, 1.807) is 45.9 Å². The molecule has 63 heavy (non-hydrogen) atoms. The van der Waals surface area contributed by atoms with E-state index < -0.39 is 71.9 Å². The molecule has 0 saturated heterocycles. The number of carbonyl (C=O) groups is 7. The van der Waals surface area contributed by atoms with Gasteiger partial charge in [-0.25, -0.2) is 14.6 Å². The van der Waals surface area contributed by atoms with E-state index >= 15 is 0 Å². The fraction of sp³-hybridized carbons (Fsp3) is 0.644. The maximum atomic E-state index is 13.4. The number of hydrogen-bond acceptors (Lipinski definition) is 13. The van der Waals surface area contributed by atoms with Crippen LogP contribution in [0.5, 0.6) is 11.6 Å². The van der Waals surface area contributed by atoms with Crippen molar-refractivity contribution in [1.82, 2.24) is 31.6 Å². The van der Waals surface area contributed by atoms with E-state index in [2.05, 4.69) is 31.6 Å². The molecule has 1 aromatic heterocycles. The summed E-state index contributed by atoms with van der Waals surface area (Å²) in [6.07, 6.45) is 0.115. The van der Waals surface area contributed by atoms with Gasteiger partial charge in [-0.2, -0.15) is 0 Å². The maximum absolute atomic E-state index is 13.4. The number of fused-ring (bicyclic) bond motifs is 1. The molecule has 1 heterocycles. The monoisotopic (exact) mass is 887 g/mol. The molecule has 352 valence electrons. The first kappa shape index (κ1) is 53.6. The fourth-order valence-corrected chi connectivity index (χ4v) is 6.44. The van der Waals surface area contributed by atoms with Crippen molar-refractivity contribution in [1.29, 1.82) is 0 Å². The second kappa shape index (κ2) is 26.8. The molecular weight excluding hydrogens is 817 g/mol. The van der Waals surface area contributed by atoms with Crippen molar-refractivity contribution < 1.29 is 57.6 Å². The smallest absolute Gasteiger partial charge is 0.328 e. The number of aliphatic hydroxyl groups is 1. The summed E-state index contributed by atoms with van der Waals surface area (Å²) in [6.45, 7) is 16.4. The number of ether oxygens (including phenoxy) is 4. The number of benzene rings is 1. The largest absolute Gasteiger partial charge is 0.494 e. The van der Waals surface area contributed by atoms with Crippen LogP contribution in [0.2, 0.25) is 0 Å². The predicted molar refractivity (Wildman–Crippen MR) is 235 cm³/mol. The van der Waals surface area contributed by atoms with E-state index in [1.165, 1.54) is 21.1 Å². The molecule has 6 atom stereocenters. The molecule has 1 unspecified atom stereocenters. The summed E-state index contributed by atoms with van der Waals surface area (Å²) in [7, 11) is 2.47. The minimum Gasteiger partial charge on any atom is -0.494 e. The van der Waals surface area contributed by atoms with E-state index in [-0.39, 0.29) is 55.6 Å². The zero-order valence-corrected chi connectivity index (χ0v) is 38.7. The first-order chi connectivity index (χ1) is 29.7. The standard InChI is InChI=1S/C45H70N6O12/c1-25(2)22-33(41(55)51-39(28(7)8)45(59)61-11)47-42(56)38(27(5)6)49-35(53)15-13-21-63-37-19-17-30-16-18-31(24-32(30)46-37)62-20-12-14-36(54)50-40(29(9)52)43(57)48-34(23-26(3)4)44(58)60-10/h16-19,24-29,33-34,38-40,52H,12-15,20-23H2,1-11H3,(H,47,56)(H,48,57)(H,49,53)(H,50,54)(H,51,55)/t29?,33-,34-,38-,39-,40-/m0/s1. The average Bonchev–Trinajstić information content (AvgIpc) is 3.21. The lowest BCUT2D eigenvalue weighted by Crippen LogP contribution is -2.57. The number of aromatic nitrogens is 1. The van der Waals surface area contributed by atoms with Crippen LogP contribution >= 0.6 is 0 Å². The van der Waals surface area contributed by atoms with Crippen molar-refractivity contribution in [3.05, 3.63) is 30.3 Å². The molecular formula is C45H70N6O12. The Kier molecular flexibility index (Phi) is 22.8. The van der Waals surface area contributed by atoms with Crippen molar-refractivity contribution in [2.24, 2.45) is 23.7 Å². The molecule has 0 aliphatic carbocycles. The lowest BCUT2D eigenvalue weighted by molar-refractivity contribution is -0.147. The topological polar surface area (TPSA) is 250 Å². The molecule has 0 saturated carbocycles. The molecule has 0 fully saturated rings. The number of esters is 2. The number of nitrogens with zero attached hydrogens (tertiary/aromatic N) is 1. The number of hydrogen-bond donors (Lipinski definition) is 6. The van der Waals surface area contributed by atoms with Crippen LogP contribution in [-0.2, 0) is 43.0 Å². The van der Waals surface area contributed by atoms with Crippen molar-refractivity contribution in [2.75, 3.05) is 27.4 Å². The van der Waals surface area contributed by atoms with Gasteiger partial charge in [-0.1, -0.05) is 55.4 Å². The molecule has 0 radical (unpaired) electrons. The highest BCUT2D eigenvalue weighted by Gasteiger charge is 2.33. The molecule has 18 nitrogen and oxygen atoms in total. The average molecular weight is 887 g/mol. The SMILES string of the molecule is COC(=O)[C@H](CC(C)C)NC(=O)[C@@H](NC(=O)CCCOc1ccc2ccc(OCCCC(=O)N[C@H](C(=O)N[C@@H](CC(C)C)C(=O)N[C@H](C(=O)OC)C(C)C)C(C)C)nc2c1)C(C)O. The van der Waals surface area contributed by atoms with Crippen LogP contribution in [0.1, 0.15) is 101 Å². The molecule has 18 heteroatoms. The molecule has 1 aromatic carbocycles. The van der Waals surface area contributed by atoms with Gasteiger partial charge in [-0.3, -0.25) is 24.0 Å². The third-order valence-electron chi connectivity index (χ3n) is 9.87. The Morgan fingerprint density at radius 2 is 1.10 bits per heavy atom.